The summed E-state index contributed by atoms with van der Waals surface area (Å²) in [5.41, 5.74) is 0. The molecule has 1 saturated heterocycles. The van der Waals surface area contributed by atoms with Gasteiger partial charge in [-0.05, 0) is 38.1 Å². The highest BCUT2D eigenvalue weighted by molar-refractivity contribution is 5.73. The number of piperidine rings is 1. The van der Waals surface area contributed by atoms with Crippen LogP contribution in [0.4, 0.5) is 4.79 Å². The van der Waals surface area contributed by atoms with E-state index in [2.05, 4.69) is 22.5 Å². The zero-order valence-corrected chi connectivity index (χ0v) is 12.3. The Morgan fingerprint density at radius 3 is 2.84 bits per heavy atom. The number of likely N-dealkylation sites (tertiary alicyclic amines) is 1. The zero-order chi connectivity index (χ0) is 14.1. The maximum Gasteiger partial charge on any atom is 0.314 e. The first-order chi connectivity index (χ1) is 9.11. The molecule has 5 nitrogen and oxygen atoms in total. The molecular weight excluding hydrogens is 242 g/mol. The van der Waals surface area contributed by atoms with Crippen LogP contribution in [-0.2, 0) is 0 Å². The highest BCUT2D eigenvalue weighted by Gasteiger charge is 2.15. The van der Waals surface area contributed by atoms with Gasteiger partial charge in [0.05, 0.1) is 6.10 Å². The predicted molar refractivity (Wildman–Crippen MR) is 77.2 cm³/mol. The highest BCUT2D eigenvalue weighted by Crippen LogP contribution is 2.14. The first-order valence-corrected chi connectivity index (χ1v) is 7.54. The second kappa shape index (κ2) is 9.15. The molecule has 1 rings (SSSR count). The number of amides is 2. The molecule has 0 aromatic carbocycles. The maximum absolute atomic E-state index is 11.5. The molecular formula is C14H29N3O2. The van der Waals surface area contributed by atoms with E-state index < -0.39 is 0 Å². The molecule has 0 aliphatic carbocycles. The van der Waals surface area contributed by atoms with Crippen LogP contribution in [0.3, 0.4) is 0 Å². The number of hydrogen-bond donors (Lipinski definition) is 3. The third-order valence-electron chi connectivity index (χ3n) is 3.69. The van der Waals surface area contributed by atoms with Gasteiger partial charge in [-0.25, -0.2) is 4.79 Å². The van der Waals surface area contributed by atoms with Crippen LogP contribution in [0.1, 0.15) is 39.5 Å². The fourth-order valence-electron chi connectivity index (χ4n) is 2.44. The van der Waals surface area contributed by atoms with Crippen molar-refractivity contribution < 1.29 is 9.90 Å². The number of carbonyl (C=O) groups is 1. The van der Waals surface area contributed by atoms with Crippen molar-refractivity contribution in [1.29, 1.82) is 0 Å². The van der Waals surface area contributed by atoms with Gasteiger partial charge in [-0.3, -0.25) is 0 Å². The van der Waals surface area contributed by atoms with Gasteiger partial charge in [-0.2, -0.15) is 0 Å². The lowest BCUT2D eigenvalue weighted by Gasteiger charge is -2.30. The number of rotatable bonds is 7. The standard InChI is InChI=1S/C14H29N3O2/c1-3-13(18)6-7-15-14(19)16-8-10-17-9-4-5-12(2)11-17/h12-13,18H,3-11H2,1-2H3,(H2,15,16,19). The SMILES string of the molecule is CCC(O)CCNC(=O)NCCN1CCCC(C)C1. The second-order valence-corrected chi connectivity index (χ2v) is 5.58. The average Bonchev–Trinajstić information content (AvgIpc) is 2.38. The van der Waals surface area contributed by atoms with Crippen LogP contribution < -0.4 is 10.6 Å². The largest absolute Gasteiger partial charge is 0.393 e. The summed E-state index contributed by atoms with van der Waals surface area (Å²) in [5.74, 6) is 0.776. The molecule has 0 bridgehead atoms. The molecule has 19 heavy (non-hydrogen) atoms. The molecule has 0 spiro atoms. The lowest BCUT2D eigenvalue weighted by atomic mass is 10.0. The third-order valence-corrected chi connectivity index (χ3v) is 3.69. The summed E-state index contributed by atoms with van der Waals surface area (Å²) < 4.78 is 0. The van der Waals surface area contributed by atoms with E-state index in [4.69, 9.17) is 0 Å². The van der Waals surface area contributed by atoms with Gasteiger partial charge in [0.2, 0.25) is 0 Å². The molecule has 0 aromatic heterocycles. The first kappa shape index (κ1) is 16.2. The van der Waals surface area contributed by atoms with Gasteiger partial charge in [0.25, 0.3) is 0 Å². The average molecular weight is 271 g/mol. The van der Waals surface area contributed by atoms with Crippen molar-refractivity contribution in [3.8, 4) is 0 Å². The van der Waals surface area contributed by atoms with E-state index in [1.165, 1.54) is 12.8 Å². The molecule has 0 radical (unpaired) electrons. The van der Waals surface area contributed by atoms with Crippen LogP contribution in [0.25, 0.3) is 0 Å². The van der Waals surface area contributed by atoms with Crippen LogP contribution in [0.15, 0.2) is 0 Å². The molecule has 0 aromatic rings. The molecule has 1 aliphatic rings. The number of aliphatic hydroxyl groups excluding tert-OH is 1. The Morgan fingerprint density at radius 2 is 2.16 bits per heavy atom. The summed E-state index contributed by atoms with van der Waals surface area (Å²) in [6, 6.07) is -0.131. The van der Waals surface area contributed by atoms with Gasteiger partial charge in [0, 0.05) is 26.2 Å². The normalized spacial score (nSPS) is 21.9. The Bertz CT molecular complexity index is 261. The van der Waals surface area contributed by atoms with Crippen LogP contribution in [0.2, 0.25) is 0 Å². The monoisotopic (exact) mass is 271 g/mol. The van der Waals surface area contributed by atoms with E-state index in [1.807, 2.05) is 6.92 Å². The second-order valence-electron chi connectivity index (χ2n) is 5.58. The lowest BCUT2D eigenvalue weighted by molar-refractivity contribution is 0.159. The fraction of sp³-hybridized carbons (Fsp3) is 0.929. The molecule has 1 heterocycles. The Kier molecular flexibility index (Phi) is 7.82. The third kappa shape index (κ3) is 7.38. The molecule has 2 amide bonds. The van der Waals surface area contributed by atoms with Crippen molar-refractivity contribution in [3.05, 3.63) is 0 Å². The van der Waals surface area contributed by atoms with Gasteiger partial charge < -0.3 is 20.6 Å². The van der Waals surface area contributed by atoms with Crippen molar-refractivity contribution in [2.75, 3.05) is 32.7 Å². The summed E-state index contributed by atoms with van der Waals surface area (Å²) in [6.45, 7) is 8.66. The Hall–Kier alpha value is -0.810. The lowest BCUT2D eigenvalue weighted by Crippen LogP contribution is -2.43. The smallest absolute Gasteiger partial charge is 0.314 e. The van der Waals surface area contributed by atoms with E-state index in [0.717, 1.165) is 32.0 Å². The summed E-state index contributed by atoms with van der Waals surface area (Å²) in [5, 5.41) is 15.0. The zero-order valence-electron chi connectivity index (χ0n) is 12.3. The molecule has 2 atom stereocenters. The van der Waals surface area contributed by atoms with E-state index in [1.54, 1.807) is 0 Å². The molecule has 2 unspecified atom stereocenters. The minimum atomic E-state index is -0.310. The Balaban J connectivity index is 2.00. The van der Waals surface area contributed by atoms with E-state index in [-0.39, 0.29) is 12.1 Å². The van der Waals surface area contributed by atoms with Crippen molar-refractivity contribution >= 4 is 6.03 Å². The minimum Gasteiger partial charge on any atom is -0.393 e. The van der Waals surface area contributed by atoms with Gasteiger partial charge in [-0.1, -0.05) is 13.8 Å². The maximum atomic E-state index is 11.5. The molecule has 0 saturated carbocycles. The topological polar surface area (TPSA) is 64.6 Å². The van der Waals surface area contributed by atoms with E-state index in [9.17, 15) is 9.90 Å². The van der Waals surface area contributed by atoms with Gasteiger partial charge in [-0.15, -0.1) is 0 Å². The van der Waals surface area contributed by atoms with Crippen molar-refractivity contribution in [2.45, 2.75) is 45.6 Å². The molecule has 1 aliphatic heterocycles. The summed E-state index contributed by atoms with van der Waals surface area (Å²) >= 11 is 0. The van der Waals surface area contributed by atoms with Crippen LogP contribution >= 0.6 is 0 Å². The number of hydrogen-bond acceptors (Lipinski definition) is 3. The van der Waals surface area contributed by atoms with Gasteiger partial charge in [0.15, 0.2) is 0 Å². The summed E-state index contributed by atoms with van der Waals surface area (Å²) in [7, 11) is 0. The van der Waals surface area contributed by atoms with Crippen molar-refractivity contribution in [1.82, 2.24) is 15.5 Å². The molecule has 3 N–H and O–H groups in total. The minimum absolute atomic E-state index is 0.131. The highest BCUT2D eigenvalue weighted by atomic mass is 16.3. The first-order valence-electron chi connectivity index (χ1n) is 7.54. The van der Waals surface area contributed by atoms with E-state index >= 15 is 0 Å². The number of nitrogens with zero attached hydrogens (tertiary/aromatic N) is 1. The van der Waals surface area contributed by atoms with E-state index in [0.29, 0.717) is 19.5 Å². The van der Waals surface area contributed by atoms with Crippen LogP contribution in [0.5, 0.6) is 0 Å². The predicted octanol–water partition coefficient (Wildman–Crippen LogP) is 1.18. The number of aliphatic hydroxyl groups is 1. The summed E-state index contributed by atoms with van der Waals surface area (Å²) in [4.78, 5) is 13.9. The number of carbonyl (C=O) groups excluding carboxylic acids is 1. The number of urea groups is 1. The summed E-state index contributed by atoms with van der Waals surface area (Å²) in [6.07, 6.45) is 3.63. The quantitative estimate of drug-likeness (QED) is 0.651. The molecule has 5 heteroatoms. The van der Waals surface area contributed by atoms with Crippen molar-refractivity contribution in [2.24, 2.45) is 5.92 Å². The van der Waals surface area contributed by atoms with Gasteiger partial charge in [0.1, 0.15) is 0 Å². The Labute approximate surface area is 116 Å². The van der Waals surface area contributed by atoms with Gasteiger partial charge >= 0.3 is 6.03 Å². The van der Waals surface area contributed by atoms with Crippen molar-refractivity contribution in [3.63, 3.8) is 0 Å². The van der Waals surface area contributed by atoms with Crippen LogP contribution in [0, 0.1) is 5.92 Å². The fourth-order valence-corrected chi connectivity index (χ4v) is 2.44. The van der Waals surface area contributed by atoms with Crippen LogP contribution in [-0.4, -0.2) is 54.9 Å². The molecule has 112 valence electrons. The Morgan fingerprint density at radius 1 is 1.42 bits per heavy atom. The number of nitrogens with one attached hydrogen (secondary N) is 2. The molecule has 1 fully saturated rings.